The van der Waals surface area contributed by atoms with E-state index in [1.165, 1.54) is 14.0 Å². The molecule has 1 heterocycles. The quantitative estimate of drug-likeness (QED) is 0.375. The van der Waals surface area contributed by atoms with Gasteiger partial charge in [0.2, 0.25) is 11.8 Å². The number of amides is 3. The lowest BCUT2D eigenvalue weighted by atomic mass is 9.99. The van der Waals surface area contributed by atoms with Crippen molar-refractivity contribution in [1.82, 2.24) is 16.0 Å². The van der Waals surface area contributed by atoms with Gasteiger partial charge in [-0.2, -0.15) is 0 Å². The number of carbonyl (C=O) groups excluding carboxylic acids is 4. The Hall–Kier alpha value is -3.92. The zero-order valence-electron chi connectivity index (χ0n) is 20.5. The van der Waals surface area contributed by atoms with Gasteiger partial charge in [0.25, 0.3) is 0 Å². The summed E-state index contributed by atoms with van der Waals surface area (Å²) in [4.78, 5) is 50.5. The van der Waals surface area contributed by atoms with E-state index < -0.39 is 42.1 Å². The Morgan fingerprint density at radius 1 is 0.861 bits per heavy atom. The van der Waals surface area contributed by atoms with Crippen molar-refractivity contribution in [2.24, 2.45) is 0 Å². The Morgan fingerprint density at radius 2 is 1.44 bits per heavy atom. The molecule has 1 saturated heterocycles. The summed E-state index contributed by atoms with van der Waals surface area (Å²) in [5, 5.41) is 7.86. The summed E-state index contributed by atoms with van der Waals surface area (Å²) in [6.07, 6.45) is -0.877. The molecule has 4 atom stereocenters. The van der Waals surface area contributed by atoms with Crippen LogP contribution in [0.15, 0.2) is 54.6 Å². The predicted molar refractivity (Wildman–Crippen MR) is 130 cm³/mol. The molecule has 2 aromatic carbocycles. The van der Waals surface area contributed by atoms with Crippen molar-refractivity contribution >= 4 is 23.7 Å². The van der Waals surface area contributed by atoms with E-state index in [-0.39, 0.29) is 18.6 Å². The van der Waals surface area contributed by atoms with Gasteiger partial charge < -0.3 is 30.2 Å². The van der Waals surface area contributed by atoms with Gasteiger partial charge in [0.15, 0.2) is 5.78 Å². The summed E-state index contributed by atoms with van der Waals surface area (Å²) >= 11 is 0. The molecule has 2 aromatic rings. The fourth-order valence-corrected chi connectivity index (χ4v) is 3.59. The maximum atomic E-state index is 13.4. The molecule has 0 aliphatic carbocycles. The Kier molecular flexibility index (Phi) is 9.40. The summed E-state index contributed by atoms with van der Waals surface area (Å²) in [6.45, 7) is 1.80. The number of epoxide rings is 1. The lowest BCUT2D eigenvalue weighted by molar-refractivity contribution is -0.132. The number of rotatable bonds is 12. The molecule has 1 aliphatic rings. The van der Waals surface area contributed by atoms with E-state index >= 15 is 0 Å². The van der Waals surface area contributed by atoms with Crippen molar-refractivity contribution in [3.63, 3.8) is 0 Å². The fourth-order valence-electron chi connectivity index (χ4n) is 3.59. The van der Waals surface area contributed by atoms with Gasteiger partial charge in [-0.25, -0.2) is 4.79 Å². The minimum Gasteiger partial charge on any atom is -0.497 e. The van der Waals surface area contributed by atoms with E-state index in [9.17, 15) is 19.2 Å². The van der Waals surface area contributed by atoms with Crippen molar-refractivity contribution in [3.05, 3.63) is 65.7 Å². The first-order valence-corrected chi connectivity index (χ1v) is 11.6. The standard InChI is InChI=1S/C26H31N3O7/c1-16(27-26(33)35-3)24(31)29-21(14-18-9-11-19(34-2)12-10-18)25(32)28-20(23(30)22-15-36-22)13-17-7-5-4-6-8-17/h4-12,16,20-22H,13-15H2,1-3H3,(H,27,33)(H,28,32)(H,29,31)/t16-,20-,21-,22+/m0/s1. The first-order valence-electron chi connectivity index (χ1n) is 11.6. The second-order valence-electron chi connectivity index (χ2n) is 8.45. The van der Waals surface area contributed by atoms with Crippen molar-refractivity contribution in [3.8, 4) is 5.75 Å². The maximum Gasteiger partial charge on any atom is 0.407 e. The molecule has 1 fully saturated rings. The predicted octanol–water partition coefficient (Wildman–Crippen LogP) is 1.16. The Bertz CT molecular complexity index is 1050. The van der Waals surface area contributed by atoms with E-state index in [4.69, 9.17) is 9.47 Å². The third-order valence-electron chi connectivity index (χ3n) is 5.74. The molecule has 10 heteroatoms. The summed E-state index contributed by atoms with van der Waals surface area (Å²) in [6, 6.07) is 13.6. The number of alkyl carbamates (subject to hydrolysis) is 1. The highest BCUT2D eigenvalue weighted by Gasteiger charge is 2.38. The summed E-state index contributed by atoms with van der Waals surface area (Å²) in [7, 11) is 2.74. The lowest BCUT2D eigenvalue weighted by Gasteiger charge is -2.24. The van der Waals surface area contributed by atoms with Crippen molar-refractivity contribution < 1.29 is 33.4 Å². The van der Waals surface area contributed by atoms with Gasteiger partial charge in [-0.15, -0.1) is 0 Å². The molecule has 0 spiro atoms. The van der Waals surface area contributed by atoms with Crippen LogP contribution in [0.2, 0.25) is 0 Å². The third kappa shape index (κ3) is 7.81. The molecular weight excluding hydrogens is 466 g/mol. The highest BCUT2D eigenvalue weighted by atomic mass is 16.6. The van der Waals surface area contributed by atoms with Crippen LogP contribution in [0.25, 0.3) is 0 Å². The molecule has 1 aliphatic heterocycles. The van der Waals surface area contributed by atoms with E-state index in [2.05, 4.69) is 20.7 Å². The Labute approximate surface area is 209 Å². The molecule has 0 radical (unpaired) electrons. The number of carbonyl (C=O) groups is 4. The summed E-state index contributed by atoms with van der Waals surface area (Å²) < 4.78 is 14.9. The SMILES string of the molecule is COC(=O)N[C@@H](C)C(=O)N[C@@H](Cc1ccc(OC)cc1)C(=O)N[C@@H](Cc1ccccc1)C(=O)[C@H]1CO1. The van der Waals surface area contributed by atoms with Crippen LogP contribution in [-0.2, 0) is 36.7 Å². The number of Topliss-reactive ketones (excluding diaryl/α,β-unsaturated/α-hetero) is 1. The van der Waals surface area contributed by atoms with Crippen LogP contribution < -0.4 is 20.7 Å². The molecule has 3 rings (SSSR count). The van der Waals surface area contributed by atoms with Crippen molar-refractivity contribution in [1.29, 1.82) is 0 Å². The van der Waals surface area contributed by atoms with E-state index in [1.807, 2.05) is 30.3 Å². The molecule has 0 bridgehead atoms. The van der Waals surface area contributed by atoms with Gasteiger partial charge in [-0.05, 0) is 36.6 Å². The summed E-state index contributed by atoms with van der Waals surface area (Å²) in [5.41, 5.74) is 1.64. The molecule has 0 aromatic heterocycles. The van der Waals surface area contributed by atoms with E-state index in [1.54, 1.807) is 31.4 Å². The van der Waals surface area contributed by atoms with Crippen LogP contribution >= 0.6 is 0 Å². The third-order valence-corrected chi connectivity index (χ3v) is 5.74. The zero-order valence-corrected chi connectivity index (χ0v) is 20.5. The van der Waals surface area contributed by atoms with Crippen molar-refractivity contribution in [2.75, 3.05) is 20.8 Å². The molecule has 3 N–H and O–H groups in total. The average Bonchev–Trinajstić information content (AvgIpc) is 3.74. The number of nitrogens with one attached hydrogen (secondary N) is 3. The monoisotopic (exact) mass is 497 g/mol. The number of hydrogen-bond acceptors (Lipinski definition) is 7. The second-order valence-corrected chi connectivity index (χ2v) is 8.45. The first-order chi connectivity index (χ1) is 17.3. The number of hydrogen-bond donors (Lipinski definition) is 3. The minimum absolute atomic E-state index is 0.151. The smallest absolute Gasteiger partial charge is 0.407 e. The molecule has 192 valence electrons. The first kappa shape index (κ1) is 26.7. The second kappa shape index (κ2) is 12.7. The van der Waals surface area contributed by atoms with Crippen LogP contribution in [-0.4, -0.2) is 68.7 Å². The fraction of sp³-hybridized carbons (Fsp3) is 0.385. The van der Waals surface area contributed by atoms with Crippen molar-refractivity contribution in [2.45, 2.75) is 44.0 Å². The van der Waals surface area contributed by atoms with E-state index in [0.29, 0.717) is 12.4 Å². The molecular formula is C26H31N3O7. The number of benzene rings is 2. The van der Waals surface area contributed by atoms with Crippen LogP contribution in [0.1, 0.15) is 18.1 Å². The largest absolute Gasteiger partial charge is 0.497 e. The van der Waals surface area contributed by atoms with Crippen LogP contribution in [0, 0.1) is 0 Å². The molecule has 0 saturated carbocycles. The number of ether oxygens (including phenoxy) is 3. The van der Waals surface area contributed by atoms with Gasteiger partial charge in [0.05, 0.1) is 26.9 Å². The van der Waals surface area contributed by atoms with Crippen LogP contribution in [0.3, 0.4) is 0 Å². The number of ketones is 1. The maximum absolute atomic E-state index is 13.4. The van der Waals surface area contributed by atoms with Crippen LogP contribution in [0.4, 0.5) is 4.79 Å². The highest BCUT2D eigenvalue weighted by molar-refractivity contribution is 5.96. The van der Waals surface area contributed by atoms with Gasteiger partial charge >= 0.3 is 6.09 Å². The summed E-state index contributed by atoms with van der Waals surface area (Å²) in [5.74, 6) is -0.676. The molecule has 0 unspecified atom stereocenters. The average molecular weight is 498 g/mol. The van der Waals surface area contributed by atoms with Gasteiger partial charge in [0, 0.05) is 6.42 Å². The lowest BCUT2D eigenvalue weighted by Crippen LogP contribution is -2.56. The van der Waals surface area contributed by atoms with Crippen LogP contribution in [0.5, 0.6) is 5.75 Å². The van der Waals surface area contributed by atoms with Gasteiger partial charge in [-0.3, -0.25) is 14.4 Å². The van der Waals surface area contributed by atoms with E-state index in [0.717, 1.165) is 11.1 Å². The highest BCUT2D eigenvalue weighted by Crippen LogP contribution is 2.16. The Balaban J connectivity index is 1.77. The normalized spacial score (nSPS) is 16.6. The molecule has 36 heavy (non-hydrogen) atoms. The molecule has 3 amide bonds. The Morgan fingerprint density at radius 3 is 2.03 bits per heavy atom. The van der Waals surface area contributed by atoms with Gasteiger partial charge in [-0.1, -0.05) is 42.5 Å². The topological polar surface area (TPSA) is 135 Å². The molecule has 10 nitrogen and oxygen atoms in total. The van der Waals surface area contributed by atoms with Gasteiger partial charge in [0.1, 0.15) is 23.9 Å². The number of methoxy groups -OCH3 is 2. The zero-order chi connectivity index (χ0) is 26.1. The minimum atomic E-state index is -1.01.